The van der Waals surface area contributed by atoms with Crippen molar-refractivity contribution in [2.24, 2.45) is 18.7 Å². The number of hydrogen-bond acceptors (Lipinski definition) is 7. The lowest BCUT2D eigenvalue weighted by atomic mass is 9.88. The van der Waals surface area contributed by atoms with Gasteiger partial charge in [-0.25, -0.2) is 0 Å². The first-order valence-electron chi connectivity index (χ1n) is 9.35. The molecule has 1 aliphatic rings. The van der Waals surface area contributed by atoms with Gasteiger partial charge in [-0.15, -0.1) is 21.5 Å². The topological polar surface area (TPSA) is 116 Å². The first-order chi connectivity index (χ1) is 14.3. The van der Waals surface area contributed by atoms with E-state index in [-0.39, 0.29) is 11.7 Å². The molecule has 1 unspecified atom stereocenters. The van der Waals surface area contributed by atoms with Crippen LogP contribution < -0.4 is 11.1 Å². The number of nitrogens with one attached hydrogen (secondary N) is 1. The number of thiophene rings is 1. The van der Waals surface area contributed by atoms with Gasteiger partial charge in [0.05, 0.1) is 11.3 Å². The van der Waals surface area contributed by atoms with E-state index in [1.54, 1.807) is 16.7 Å². The Hall–Kier alpha value is -2.11. The van der Waals surface area contributed by atoms with Crippen molar-refractivity contribution in [2.75, 3.05) is 11.1 Å². The van der Waals surface area contributed by atoms with Gasteiger partial charge in [0, 0.05) is 11.9 Å². The Morgan fingerprint density at radius 3 is 2.93 bits per heavy atom. The Balaban J connectivity index is 1.45. The lowest BCUT2D eigenvalue weighted by Crippen LogP contribution is -2.20. The highest BCUT2D eigenvalue weighted by Crippen LogP contribution is 2.39. The largest absolute Gasteiger partial charge is 0.446 e. The third kappa shape index (κ3) is 4.19. The van der Waals surface area contributed by atoms with Gasteiger partial charge in [0.1, 0.15) is 5.00 Å². The highest BCUT2D eigenvalue weighted by Gasteiger charge is 2.27. The number of furan rings is 1. The molecule has 0 aliphatic heterocycles. The van der Waals surface area contributed by atoms with Gasteiger partial charge in [0.25, 0.3) is 5.91 Å². The quantitative estimate of drug-likeness (QED) is 0.487. The van der Waals surface area contributed by atoms with Crippen molar-refractivity contribution in [1.29, 1.82) is 0 Å². The van der Waals surface area contributed by atoms with Crippen LogP contribution in [-0.2, 0) is 24.7 Å². The number of hydrogen-bond donors (Lipinski definition) is 2. The first-order valence-corrected chi connectivity index (χ1v) is 11.9. The van der Waals surface area contributed by atoms with Crippen LogP contribution in [0.1, 0.15) is 34.1 Å². The molecule has 4 rings (SSSR count). The second kappa shape index (κ2) is 8.56. The number of anilines is 1. The van der Waals surface area contributed by atoms with Gasteiger partial charge in [-0.1, -0.05) is 18.7 Å². The van der Waals surface area contributed by atoms with Crippen molar-refractivity contribution in [1.82, 2.24) is 14.8 Å². The summed E-state index contributed by atoms with van der Waals surface area (Å²) in [7, 11) is 1.81. The van der Waals surface area contributed by atoms with Crippen LogP contribution in [0.4, 0.5) is 5.00 Å². The van der Waals surface area contributed by atoms with Crippen LogP contribution in [0, 0.1) is 5.92 Å². The molecule has 3 aromatic rings. The summed E-state index contributed by atoms with van der Waals surface area (Å²) in [6, 6.07) is 3.57. The molecule has 1 aliphatic carbocycles. The summed E-state index contributed by atoms with van der Waals surface area (Å²) in [6.45, 7) is 2.19. The van der Waals surface area contributed by atoms with Gasteiger partial charge >= 0.3 is 0 Å². The maximum atomic E-state index is 12.6. The molecule has 0 saturated carbocycles. The monoisotopic (exact) mass is 509 g/mol. The van der Waals surface area contributed by atoms with Gasteiger partial charge in [-0.3, -0.25) is 9.59 Å². The number of nitrogens with zero attached hydrogens (tertiary/aromatic N) is 3. The molecule has 3 N–H and O–H groups in total. The van der Waals surface area contributed by atoms with Gasteiger partial charge in [0.2, 0.25) is 5.91 Å². The van der Waals surface area contributed by atoms with Crippen LogP contribution in [-0.4, -0.2) is 32.3 Å². The van der Waals surface area contributed by atoms with Crippen molar-refractivity contribution >= 4 is 55.8 Å². The molecule has 3 heterocycles. The molecule has 3 aromatic heterocycles. The van der Waals surface area contributed by atoms with E-state index in [0.717, 1.165) is 29.7 Å². The number of aromatic nitrogens is 3. The maximum Gasteiger partial charge on any atom is 0.251 e. The Morgan fingerprint density at radius 1 is 1.43 bits per heavy atom. The van der Waals surface area contributed by atoms with Crippen LogP contribution >= 0.6 is 39.0 Å². The van der Waals surface area contributed by atoms with E-state index in [0.29, 0.717) is 37.9 Å². The van der Waals surface area contributed by atoms with E-state index < -0.39 is 5.91 Å². The SMILES string of the molecule is CC1CCc2c(sc(NC(=O)CSc3nnc(-c4ccc(Br)o4)n3C)c2C(N)=O)C1. The van der Waals surface area contributed by atoms with E-state index in [1.165, 1.54) is 23.1 Å². The molecule has 30 heavy (non-hydrogen) atoms. The zero-order valence-corrected chi connectivity index (χ0v) is 19.6. The fourth-order valence-corrected chi connectivity index (χ4v) is 5.93. The Morgan fingerprint density at radius 2 is 2.23 bits per heavy atom. The molecule has 0 saturated heterocycles. The maximum absolute atomic E-state index is 12.6. The summed E-state index contributed by atoms with van der Waals surface area (Å²) in [5.74, 6) is 1.13. The second-order valence-corrected chi connectivity index (χ2v) is 10.1. The van der Waals surface area contributed by atoms with E-state index in [2.05, 4.69) is 38.4 Å². The number of rotatable bonds is 6. The lowest BCUT2D eigenvalue weighted by Gasteiger charge is -2.18. The lowest BCUT2D eigenvalue weighted by molar-refractivity contribution is -0.113. The fourth-order valence-electron chi connectivity index (χ4n) is 3.48. The standard InChI is InChI=1S/C19H20BrN5O3S2/c1-9-3-4-10-12(7-9)30-18(15(10)16(21)27)22-14(26)8-29-19-24-23-17(25(19)2)11-5-6-13(20)28-11/h5-6,9H,3-4,7-8H2,1-2H3,(H2,21,27)(H,22,26). The van der Waals surface area contributed by atoms with Crippen LogP contribution in [0.15, 0.2) is 26.4 Å². The molecule has 1 atom stereocenters. The van der Waals surface area contributed by atoms with Crippen molar-refractivity contribution < 1.29 is 14.0 Å². The molecule has 0 fully saturated rings. The number of amides is 2. The molecule has 0 bridgehead atoms. The molecule has 0 radical (unpaired) electrons. The molecule has 2 amide bonds. The zero-order valence-electron chi connectivity index (χ0n) is 16.4. The van der Waals surface area contributed by atoms with Crippen LogP contribution in [0.3, 0.4) is 0 Å². The minimum Gasteiger partial charge on any atom is -0.446 e. The molecule has 0 aromatic carbocycles. The predicted octanol–water partition coefficient (Wildman–Crippen LogP) is 3.85. The summed E-state index contributed by atoms with van der Waals surface area (Å²) in [5.41, 5.74) is 7.07. The number of thioether (sulfide) groups is 1. The zero-order chi connectivity index (χ0) is 21.4. The van der Waals surface area contributed by atoms with Crippen molar-refractivity contribution in [3.63, 3.8) is 0 Å². The Bertz CT molecular complexity index is 1120. The number of carbonyl (C=O) groups is 2. The minimum atomic E-state index is -0.493. The summed E-state index contributed by atoms with van der Waals surface area (Å²) in [5, 5.41) is 12.3. The van der Waals surface area contributed by atoms with E-state index >= 15 is 0 Å². The van der Waals surface area contributed by atoms with Crippen molar-refractivity contribution in [3.8, 4) is 11.6 Å². The molecule has 11 heteroatoms. The third-order valence-electron chi connectivity index (χ3n) is 4.97. The number of nitrogens with two attached hydrogens (primary N) is 1. The summed E-state index contributed by atoms with van der Waals surface area (Å²) in [4.78, 5) is 25.7. The highest BCUT2D eigenvalue weighted by molar-refractivity contribution is 9.10. The van der Waals surface area contributed by atoms with Crippen LogP contribution in [0.5, 0.6) is 0 Å². The minimum absolute atomic E-state index is 0.130. The normalized spacial score (nSPS) is 15.8. The average molecular weight is 510 g/mol. The van der Waals surface area contributed by atoms with Crippen molar-refractivity contribution in [3.05, 3.63) is 32.8 Å². The predicted molar refractivity (Wildman–Crippen MR) is 120 cm³/mol. The van der Waals surface area contributed by atoms with Gasteiger partial charge in [0.15, 0.2) is 21.4 Å². The number of primary amides is 1. The fraction of sp³-hybridized carbons (Fsp3) is 0.368. The smallest absolute Gasteiger partial charge is 0.251 e. The van der Waals surface area contributed by atoms with Crippen LogP contribution in [0.2, 0.25) is 0 Å². The van der Waals surface area contributed by atoms with E-state index in [9.17, 15) is 9.59 Å². The first kappa shape index (κ1) is 21.1. The van der Waals surface area contributed by atoms with Gasteiger partial charge in [-0.05, 0) is 58.8 Å². The Kier molecular flexibility index (Phi) is 6.03. The van der Waals surface area contributed by atoms with Crippen molar-refractivity contribution in [2.45, 2.75) is 31.3 Å². The van der Waals surface area contributed by atoms with E-state index in [1.807, 2.05) is 7.05 Å². The van der Waals surface area contributed by atoms with E-state index in [4.69, 9.17) is 10.2 Å². The summed E-state index contributed by atoms with van der Waals surface area (Å²) in [6.07, 6.45) is 2.75. The number of halogens is 1. The second-order valence-electron chi connectivity index (χ2n) is 7.23. The average Bonchev–Trinajstić information content (AvgIpc) is 3.36. The number of carbonyl (C=O) groups excluding carboxylic acids is 2. The molecule has 0 spiro atoms. The molecular weight excluding hydrogens is 490 g/mol. The molecule has 8 nitrogen and oxygen atoms in total. The van der Waals surface area contributed by atoms with Gasteiger partial charge in [-0.2, -0.15) is 0 Å². The van der Waals surface area contributed by atoms with Crippen LogP contribution in [0.25, 0.3) is 11.6 Å². The summed E-state index contributed by atoms with van der Waals surface area (Å²) < 4.78 is 7.88. The third-order valence-corrected chi connectivity index (χ3v) is 7.59. The Labute approximate surface area is 189 Å². The van der Waals surface area contributed by atoms with Gasteiger partial charge < -0.3 is 20.0 Å². The molecule has 158 valence electrons. The molecular formula is C19H20BrN5O3S2. The summed E-state index contributed by atoms with van der Waals surface area (Å²) >= 11 is 5.99. The number of fused-ring (bicyclic) bond motifs is 1. The highest BCUT2D eigenvalue weighted by atomic mass is 79.9.